The fourth-order valence-corrected chi connectivity index (χ4v) is 3.05. The van der Waals surface area contributed by atoms with Gasteiger partial charge in [0.2, 0.25) is 5.56 Å². The highest BCUT2D eigenvalue weighted by Crippen LogP contribution is 2.46. The van der Waals surface area contributed by atoms with Crippen molar-refractivity contribution in [1.29, 1.82) is 0 Å². The number of rotatable bonds is 6. The minimum atomic E-state index is -0.415. The van der Waals surface area contributed by atoms with Crippen molar-refractivity contribution in [3.8, 4) is 0 Å². The first-order valence-corrected chi connectivity index (χ1v) is 7.48. The Bertz CT molecular complexity index is 478. The zero-order valence-corrected chi connectivity index (χ0v) is 11.8. The molecule has 0 bridgehead atoms. The molecule has 0 radical (unpaired) electrons. The highest BCUT2D eigenvalue weighted by Gasteiger charge is 2.38. The lowest BCUT2D eigenvalue weighted by molar-refractivity contribution is 0.221. The first-order valence-electron chi connectivity index (χ1n) is 6.53. The predicted molar refractivity (Wildman–Crippen MR) is 76.7 cm³/mol. The molecule has 1 unspecified atom stereocenters. The third-order valence-corrected chi connectivity index (χ3v) is 4.40. The molecule has 5 nitrogen and oxygen atoms in total. The molecule has 1 fully saturated rings. The molecule has 104 valence electrons. The van der Waals surface area contributed by atoms with E-state index in [0.717, 1.165) is 30.6 Å². The van der Waals surface area contributed by atoms with Crippen molar-refractivity contribution in [3.05, 3.63) is 34.2 Å². The molecule has 1 aromatic rings. The Morgan fingerprint density at radius 2 is 2.32 bits per heavy atom. The van der Waals surface area contributed by atoms with Gasteiger partial charge in [0.15, 0.2) is 0 Å². The summed E-state index contributed by atoms with van der Waals surface area (Å²) < 4.78 is 1.66. The number of aromatic amines is 1. The average molecular weight is 281 g/mol. The molecule has 0 spiro atoms. The van der Waals surface area contributed by atoms with Crippen molar-refractivity contribution in [3.63, 3.8) is 0 Å². The molecular weight excluding hydrogens is 262 g/mol. The molecule has 0 saturated heterocycles. The van der Waals surface area contributed by atoms with Crippen LogP contribution in [0.2, 0.25) is 0 Å². The van der Waals surface area contributed by atoms with E-state index in [1.807, 2.05) is 0 Å². The third-order valence-electron chi connectivity index (χ3n) is 3.12. The molecule has 19 heavy (non-hydrogen) atoms. The monoisotopic (exact) mass is 281 g/mol. The topological polar surface area (TPSA) is 79.2 Å². The lowest BCUT2D eigenvalue weighted by Crippen LogP contribution is -2.35. The molecule has 1 aromatic heterocycles. The number of nitrogens with zero attached hydrogens (tertiary/aromatic N) is 1. The van der Waals surface area contributed by atoms with Gasteiger partial charge in [-0.2, -0.15) is 0 Å². The standard InChI is InChI=1S/C13H19N3O2S/c1-2-7-19-16(13(14)18)12(9-3-4-9)10-5-6-11(17)15-8-10/h5-6,8-9,12H,2-4,7H2,1H3,(H2,14,18)(H,15,17). The number of H-pyrrole nitrogens is 1. The Kier molecular flexibility index (Phi) is 4.52. The molecule has 1 aliphatic carbocycles. The minimum Gasteiger partial charge on any atom is -0.351 e. The number of hydrogen-bond acceptors (Lipinski definition) is 3. The van der Waals surface area contributed by atoms with Crippen molar-refractivity contribution in [2.45, 2.75) is 32.2 Å². The Morgan fingerprint density at radius 1 is 1.58 bits per heavy atom. The summed E-state index contributed by atoms with van der Waals surface area (Å²) in [4.78, 5) is 25.5. The summed E-state index contributed by atoms with van der Waals surface area (Å²) in [6, 6.07) is 2.82. The molecule has 0 aliphatic heterocycles. The van der Waals surface area contributed by atoms with E-state index in [2.05, 4.69) is 11.9 Å². The lowest BCUT2D eigenvalue weighted by atomic mass is 10.0. The number of nitrogens with one attached hydrogen (secondary N) is 1. The van der Waals surface area contributed by atoms with Gasteiger partial charge in [-0.25, -0.2) is 4.79 Å². The predicted octanol–water partition coefficient (Wildman–Crippen LogP) is 2.26. The van der Waals surface area contributed by atoms with Crippen LogP contribution in [0.1, 0.15) is 37.8 Å². The molecule has 2 rings (SSSR count). The first-order chi connectivity index (χ1) is 9.13. The summed E-state index contributed by atoms with van der Waals surface area (Å²) in [7, 11) is 0. The van der Waals surface area contributed by atoms with Gasteiger partial charge in [0.25, 0.3) is 0 Å². The maximum absolute atomic E-state index is 11.7. The smallest absolute Gasteiger partial charge is 0.325 e. The molecule has 1 atom stereocenters. The molecule has 3 N–H and O–H groups in total. The summed E-state index contributed by atoms with van der Waals surface area (Å²) in [6.45, 7) is 2.07. The second-order valence-electron chi connectivity index (χ2n) is 4.77. The van der Waals surface area contributed by atoms with Gasteiger partial charge in [0.05, 0.1) is 6.04 Å². The van der Waals surface area contributed by atoms with Gasteiger partial charge in [-0.1, -0.05) is 6.92 Å². The molecule has 1 saturated carbocycles. The number of pyridine rings is 1. The Balaban J connectivity index is 2.24. The van der Waals surface area contributed by atoms with Gasteiger partial charge in [0, 0.05) is 18.0 Å². The third kappa shape index (κ3) is 3.53. The fourth-order valence-electron chi connectivity index (χ4n) is 2.09. The molecule has 6 heteroatoms. The quantitative estimate of drug-likeness (QED) is 0.785. The van der Waals surface area contributed by atoms with E-state index in [0.29, 0.717) is 5.92 Å². The molecule has 1 aliphatic rings. The van der Waals surface area contributed by atoms with Gasteiger partial charge < -0.3 is 10.7 Å². The zero-order valence-electron chi connectivity index (χ0n) is 11.0. The fraction of sp³-hybridized carbons (Fsp3) is 0.538. The largest absolute Gasteiger partial charge is 0.351 e. The van der Waals surface area contributed by atoms with Crippen molar-refractivity contribution in [2.75, 3.05) is 5.75 Å². The number of hydrogen-bond donors (Lipinski definition) is 2. The van der Waals surface area contributed by atoms with Crippen LogP contribution in [-0.2, 0) is 0 Å². The second kappa shape index (κ2) is 6.14. The lowest BCUT2D eigenvalue weighted by Gasteiger charge is -2.29. The molecular formula is C13H19N3O2S. The summed E-state index contributed by atoms with van der Waals surface area (Å²) in [5.41, 5.74) is 6.32. The van der Waals surface area contributed by atoms with E-state index >= 15 is 0 Å². The maximum atomic E-state index is 11.7. The van der Waals surface area contributed by atoms with E-state index in [1.165, 1.54) is 18.0 Å². The van der Waals surface area contributed by atoms with E-state index < -0.39 is 6.03 Å². The number of carbonyl (C=O) groups excluding carboxylic acids is 1. The molecule has 1 heterocycles. The SMILES string of the molecule is CCCSN(C(N)=O)C(c1ccc(=O)[nH]c1)C1CC1. The van der Waals surface area contributed by atoms with Crippen LogP contribution in [0, 0.1) is 5.92 Å². The van der Waals surface area contributed by atoms with Gasteiger partial charge >= 0.3 is 6.03 Å². The Morgan fingerprint density at radius 3 is 2.79 bits per heavy atom. The first kappa shape index (κ1) is 14.0. The minimum absolute atomic E-state index is 0.0362. The second-order valence-corrected chi connectivity index (χ2v) is 5.83. The van der Waals surface area contributed by atoms with E-state index in [1.54, 1.807) is 16.6 Å². The summed E-state index contributed by atoms with van der Waals surface area (Å²) >= 11 is 1.47. The summed E-state index contributed by atoms with van der Waals surface area (Å²) in [5, 5.41) is 0. The summed E-state index contributed by atoms with van der Waals surface area (Å²) in [6.07, 6.45) is 4.87. The van der Waals surface area contributed by atoms with Crippen molar-refractivity contribution < 1.29 is 4.79 Å². The normalized spacial score (nSPS) is 16.1. The molecule has 0 aromatic carbocycles. The Hall–Kier alpha value is -1.43. The van der Waals surface area contributed by atoms with E-state index in [-0.39, 0.29) is 11.6 Å². The van der Waals surface area contributed by atoms with Crippen molar-refractivity contribution >= 4 is 18.0 Å². The number of aromatic nitrogens is 1. The van der Waals surface area contributed by atoms with E-state index in [4.69, 9.17) is 5.73 Å². The highest BCUT2D eigenvalue weighted by atomic mass is 32.2. The van der Waals surface area contributed by atoms with Crippen LogP contribution in [0.3, 0.4) is 0 Å². The van der Waals surface area contributed by atoms with Gasteiger partial charge in [-0.3, -0.25) is 9.10 Å². The number of urea groups is 1. The summed E-state index contributed by atoms with van der Waals surface area (Å²) in [5.74, 6) is 1.30. The Labute approximate surface area is 116 Å². The van der Waals surface area contributed by atoms with Gasteiger partial charge in [0.1, 0.15) is 0 Å². The van der Waals surface area contributed by atoms with Crippen LogP contribution >= 0.6 is 11.9 Å². The van der Waals surface area contributed by atoms with Crippen LogP contribution in [0.5, 0.6) is 0 Å². The van der Waals surface area contributed by atoms with Crippen LogP contribution in [-0.4, -0.2) is 21.1 Å². The van der Waals surface area contributed by atoms with Crippen LogP contribution < -0.4 is 11.3 Å². The highest BCUT2D eigenvalue weighted by molar-refractivity contribution is 7.97. The van der Waals surface area contributed by atoms with E-state index in [9.17, 15) is 9.59 Å². The van der Waals surface area contributed by atoms with Crippen LogP contribution in [0.15, 0.2) is 23.1 Å². The van der Waals surface area contributed by atoms with Crippen molar-refractivity contribution in [1.82, 2.24) is 9.29 Å². The van der Waals surface area contributed by atoms with Crippen LogP contribution in [0.4, 0.5) is 4.79 Å². The van der Waals surface area contributed by atoms with Crippen molar-refractivity contribution in [2.24, 2.45) is 11.7 Å². The zero-order chi connectivity index (χ0) is 13.8. The van der Waals surface area contributed by atoms with Gasteiger partial charge in [-0.15, -0.1) is 0 Å². The number of primary amides is 1. The average Bonchev–Trinajstić information content (AvgIpc) is 3.20. The van der Waals surface area contributed by atoms with Crippen LogP contribution in [0.25, 0.3) is 0 Å². The maximum Gasteiger partial charge on any atom is 0.325 e. The number of amides is 2. The number of nitrogens with two attached hydrogens (primary N) is 1. The van der Waals surface area contributed by atoms with Gasteiger partial charge in [-0.05, 0) is 48.8 Å². The number of carbonyl (C=O) groups is 1. The molecule has 2 amide bonds.